The van der Waals surface area contributed by atoms with Crippen LogP contribution in [0, 0.1) is 0 Å². The molecule has 2 amide bonds. The number of nitrogen functional groups attached to an aromatic ring is 1. The number of aryl methyl sites for hydroxylation is 3. The fourth-order valence-electron chi connectivity index (χ4n) is 5.54. The summed E-state index contributed by atoms with van der Waals surface area (Å²) in [5.74, 6) is -2.94. The van der Waals surface area contributed by atoms with E-state index in [1.807, 2.05) is 36.3 Å². The number of aliphatic carboxylic acids is 1. The number of β-lactam (4-membered cyclic amide) rings is 1. The third kappa shape index (κ3) is 7.22. The topological polar surface area (TPSA) is 255 Å². The van der Waals surface area contributed by atoms with Gasteiger partial charge in [-0.05, 0) is 69.8 Å². The largest absolute Gasteiger partial charge is 0.485 e. The minimum absolute atomic E-state index is 0.0664. The number of rotatable bonds is 13. The molecule has 18 nitrogen and oxygen atoms in total. The van der Waals surface area contributed by atoms with E-state index in [1.54, 1.807) is 6.07 Å². The molecule has 0 radical (unpaired) electrons. The molecule has 0 saturated carbocycles. The number of oxime groups is 1. The molecule has 1 saturated heterocycles. The molecule has 3 atom stereocenters. The Morgan fingerprint density at radius 1 is 1.33 bits per heavy atom. The summed E-state index contributed by atoms with van der Waals surface area (Å²) < 4.78 is 45.9. The van der Waals surface area contributed by atoms with E-state index in [0.29, 0.717) is 23.8 Å². The van der Waals surface area contributed by atoms with Crippen LogP contribution in [0.25, 0.3) is 11.1 Å². The number of hydrogen-bond donors (Lipinski definition) is 5. The van der Waals surface area contributed by atoms with Gasteiger partial charge in [-0.1, -0.05) is 11.2 Å². The lowest BCUT2D eigenvalue weighted by atomic mass is 9.84. The zero-order valence-electron chi connectivity index (χ0n) is 27.0. The zero-order valence-corrected chi connectivity index (χ0v) is 28.7. The molecule has 1 unspecified atom stereocenters. The Balaban J connectivity index is 1.36. The highest BCUT2D eigenvalue weighted by atomic mass is 32.3. The van der Waals surface area contributed by atoms with Crippen molar-refractivity contribution in [1.29, 1.82) is 0 Å². The lowest BCUT2D eigenvalue weighted by Gasteiger charge is -2.50. The molecule has 3 aromatic rings. The molecule has 2 aromatic heterocycles. The lowest BCUT2D eigenvalue weighted by molar-refractivity contribution is -0.753. The average molecular weight is 722 g/mol. The van der Waals surface area contributed by atoms with Crippen molar-refractivity contribution >= 4 is 50.4 Å². The molecule has 0 bridgehead atoms. The lowest BCUT2D eigenvalue weighted by Crippen LogP contribution is -2.76. The first-order valence-electron chi connectivity index (χ1n) is 15.0. The van der Waals surface area contributed by atoms with Crippen molar-refractivity contribution in [3.63, 3.8) is 0 Å². The summed E-state index contributed by atoms with van der Waals surface area (Å²) in [5, 5.41) is 18.5. The number of nitrogens with zero attached hydrogens (tertiary/aromatic N) is 5. The molecule has 2 aliphatic rings. The molecular weight excluding hydrogens is 684 g/mol. The highest BCUT2D eigenvalue weighted by Gasteiger charge is 2.58. The van der Waals surface area contributed by atoms with Crippen LogP contribution in [0.1, 0.15) is 44.9 Å². The second-order valence-corrected chi connectivity index (χ2v) is 14.2. The van der Waals surface area contributed by atoms with E-state index in [1.165, 1.54) is 26.2 Å². The van der Waals surface area contributed by atoms with Gasteiger partial charge in [0.1, 0.15) is 17.5 Å². The molecule has 7 N–H and O–H groups in total. The first-order valence-corrected chi connectivity index (χ1v) is 17.3. The monoisotopic (exact) mass is 721 g/mol. The summed E-state index contributed by atoms with van der Waals surface area (Å²) in [4.78, 5) is 48.4. The molecule has 0 spiro atoms. The number of carboxylic acids is 1. The molecule has 1 fully saturated rings. The van der Waals surface area contributed by atoms with Crippen LogP contribution in [0.5, 0.6) is 5.75 Å². The average Bonchev–Trinajstić information content (AvgIpc) is 3.64. The van der Waals surface area contributed by atoms with Crippen LogP contribution in [0.15, 0.2) is 41.1 Å². The number of anilines is 1. The maximum Gasteiger partial charge on any atom is 0.418 e. The van der Waals surface area contributed by atoms with Gasteiger partial charge >= 0.3 is 16.4 Å². The summed E-state index contributed by atoms with van der Waals surface area (Å²) >= 11 is 0.973. The first kappa shape index (κ1) is 35.7. The SMILES string of the molecule is C[n+]1cc(-c2ccc3c(c2)CC[C@@H](C(C)(O/N=C(\C(=O)N[C@@H]2C(=O)N(OS(=O)(=O)O)C2(C)C)c2csc(N)n2)C(=O)O)O3)cn1CCCN. The molecule has 1 aromatic carbocycles. The van der Waals surface area contributed by atoms with E-state index in [-0.39, 0.29) is 17.2 Å². The Labute approximate surface area is 285 Å². The number of hydrogen-bond acceptors (Lipinski definition) is 13. The Morgan fingerprint density at radius 2 is 2.06 bits per heavy atom. The summed E-state index contributed by atoms with van der Waals surface area (Å²) in [7, 11) is -3.08. The van der Waals surface area contributed by atoms with Crippen molar-refractivity contribution in [2.75, 3.05) is 12.3 Å². The zero-order chi connectivity index (χ0) is 35.9. The van der Waals surface area contributed by atoms with Gasteiger partial charge in [-0.3, -0.25) is 14.1 Å². The van der Waals surface area contributed by atoms with Gasteiger partial charge < -0.3 is 31.5 Å². The van der Waals surface area contributed by atoms with E-state index in [2.05, 4.69) is 24.4 Å². The number of ether oxygens (including phenoxy) is 1. The van der Waals surface area contributed by atoms with Gasteiger partial charge in [-0.2, -0.15) is 18.2 Å². The molecule has 4 heterocycles. The molecular formula is C29H37N8O10S2+. The Hall–Kier alpha value is -4.63. The molecule has 5 rings (SSSR count). The first-order chi connectivity index (χ1) is 22.9. The summed E-state index contributed by atoms with van der Waals surface area (Å²) in [5.41, 5.74) is 10.2. The van der Waals surface area contributed by atoms with Crippen LogP contribution in [0.3, 0.4) is 0 Å². The van der Waals surface area contributed by atoms with Crippen molar-refractivity contribution in [3.05, 3.63) is 47.2 Å². The summed E-state index contributed by atoms with van der Waals surface area (Å²) in [6, 6.07) is 4.31. The van der Waals surface area contributed by atoms with E-state index < -0.39 is 57.2 Å². The highest BCUT2D eigenvalue weighted by Crippen LogP contribution is 2.37. The number of carbonyl (C=O) groups excluding carboxylic acids is 2. The molecule has 49 heavy (non-hydrogen) atoms. The van der Waals surface area contributed by atoms with Gasteiger partial charge in [-0.25, -0.2) is 9.78 Å². The molecule has 0 aliphatic carbocycles. The van der Waals surface area contributed by atoms with E-state index in [0.717, 1.165) is 41.0 Å². The maximum absolute atomic E-state index is 13.5. The summed E-state index contributed by atoms with van der Waals surface area (Å²) in [6.07, 6.45) is 4.54. The van der Waals surface area contributed by atoms with Crippen molar-refractivity contribution in [1.82, 2.24) is 20.0 Å². The number of carbonyl (C=O) groups is 3. The van der Waals surface area contributed by atoms with Gasteiger partial charge in [-0.15, -0.1) is 20.3 Å². The van der Waals surface area contributed by atoms with Gasteiger partial charge in [0.05, 0.1) is 23.8 Å². The smallest absolute Gasteiger partial charge is 0.418 e. The predicted octanol–water partition coefficient (Wildman–Crippen LogP) is 0.165. The number of benzene rings is 1. The van der Waals surface area contributed by atoms with E-state index in [4.69, 9.17) is 25.6 Å². The molecule has 2 aliphatic heterocycles. The molecule has 20 heteroatoms. The van der Waals surface area contributed by atoms with Gasteiger partial charge in [0.15, 0.2) is 24.0 Å². The Kier molecular flexibility index (Phi) is 9.72. The van der Waals surface area contributed by atoms with Crippen LogP contribution in [0.2, 0.25) is 0 Å². The van der Waals surface area contributed by atoms with Crippen LogP contribution in [-0.2, 0) is 53.9 Å². The number of hydroxylamine groups is 2. The quantitative estimate of drug-likeness (QED) is 0.0519. The van der Waals surface area contributed by atoms with Gasteiger partial charge in [0.25, 0.3) is 17.4 Å². The van der Waals surface area contributed by atoms with Crippen molar-refractivity contribution in [2.24, 2.45) is 17.9 Å². The van der Waals surface area contributed by atoms with Crippen molar-refractivity contribution < 1.29 is 51.0 Å². The predicted molar refractivity (Wildman–Crippen MR) is 173 cm³/mol. The number of fused-ring (bicyclic) bond motifs is 1. The normalized spacial score (nSPS) is 20.1. The van der Waals surface area contributed by atoms with E-state index in [9.17, 15) is 27.9 Å². The fraction of sp³-hybridized carbons (Fsp3) is 0.448. The van der Waals surface area contributed by atoms with Crippen LogP contribution < -0.4 is 26.2 Å². The summed E-state index contributed by atoms with van der Waals surface area (Å²) in [6.45, 7) is 5.38. The standard InChI is InChI=1S/C29H36N8O10S2/c1-28(2)23(25(39)37(28)47-49(42,43)44)33-24(38)22(19-15-48-27(31)32-19)34-46-29(3,26(40)41)21-9-7-17-12-16(6-8-20(17)45-21)18-13-35(4)36(14-18)11-5-10-30/h6,8,12-15,21,23H,5,7,9-11,30H2,1-4H3,(H4-,31,32,33,38,40,41,42,43,44)/p+1/b34-22-/t21-,23+,29?/m0/s1. The highest BCUT2D eigenvalue weighted by molar-refractivity contribution is 7.80. The number of carboxylic acid groups (broad SMARTS) is 1. The number of nitrogens with two attached hydrogens (primary N) is 2. The second kappa shape index (κ2) is 13.3. The van der Waals surface area contributed by atoms with Crippen LogP contribution in [0.4, 0.5) is 5.13 Å². The van der Waals surface area contributed by atoms with Crippen LogP contribution >= 0.6 is 11.3 Å². The Bertz CT molecular complexity index is 1920. The maximum atomic E-state index is 13.5. The van der Waals surface area contributed by atoms with Gasteiger partial charge in [0, 0.05) is 5.38 Å². The van der Waals surface area contributed by atoms with E-state index >= 15 is 0 Å². The number of thiazole rings is 1. The third-order valence-corrected chi connectivity index (χ3v) is 9.43. The fourth-order valence-corrected chi connectivity index (χ4v) is 6.54. The number of aromatic nitrogens is 3. The van der Waals surface area contributed by atoms with Crippen molar-refractivity contribution in [3.8, 4) is 16.9 Å². The Morgan fingerprint density at radius 3 is 2.67 bits per heavy atom. The minimum atomic E-state index is -5.02. The number of nitrogens with one attached hydrogen (secondary N) is 1. The van der Waals surface area contributed by atoms with Crippen molar-refractivity contribution in [2.45, 2.75) is 69.9 Å². The number of amides is 2. The minimum Gasteiger partial charge on any atom is -0.485 e. The third-order valence-electron chi connectivity index (χ3n) is 8.42. The molecule has 264 valence electrons. The van der Waals surface area contributed by atoms with Crippen LogP contribution in [-0.4, -0.2) is 86.1 Å². The second-order valence-electron chi connectivity index (χ2n) is 12.3. The van der Waals surface area contributed by atoms with Gasteiger partial charge in [0.2, 0.25) is 6.20 Å².